The lowest BCUT2D eigenvalue weighted by atomic mass is 10.1. The number of aromatic carboxylic acids is 1. The van der Waals surface area contributed by atoms with E-state index in [9.17, 15) is 19.5 Å². The highest BCUT2D eigenvalue weighted by molar-refractivity contribution is 9.10. The molecule has 0 atom stereocenters. The van der Waals surface area contributed by atoms with E-state index in [1.165, 1.54) is 25.2 Å². The topological polar surface area (TPSA) is 102 Å². The van der Waals surface area contributed by atoms with Crippen molar-refractivity contribution in [2.45, 2.75) is 6.92 Å². The van der Waals surface area contributed by atoms with Gasteiger partial charge in [0.1, 0.15) is 12.4 Å². The van der Waals surface area contributed by atoms with Crippen molar-refractivity contribution in [3.63, 3.8) is 0 Å². The molecular formula is C16H16BrNO7. The van der Waals surface area contributed by atoms with Crippen LogP contribution in [0.4, 0.5) is 5.69 Å². The van der Waals surface area contributed by atoms with Crippen LogP contribution in [0.1, 0.15) is 15.9 Å². The van der Waals surface area contributed by atoms with Crippen LogP contribution in [0, 0.1) is 6.92 Å². The van der Waals surface area contributed by atoms with Crippen LogP contribution >= 0.6 is 15.9 Å². The monoisotopic (exact) mass is 413 g/mol. The lowest BCUT2D eigenvalue weighted by Gasteiger charge is -2.32. The molecule has 1 aromatic rings. The smallest absolute Gasteiger partial charge is 0.355 e. The van der Waals surface area contributed by atoms with E-state index in [4.69, 9.17) is 14.2 Å². The molecule has 0 bridgehead atoms. The fourth-order valence-corrected chi connectivity index (χ4v) is 3.10. The van der Waals surface area contributed by atoms with Gasteiger partial charge in [-0.2, -0.15) is 0 Å². The molecule has 8 nitrogen and oxygen atoms in total. The van der Waals surface area contributed by atoms with E-state index in [-0.39, 0.29) is 30.2 Å². The quantitative estimate of drug-likeness (QED) is 0.745. The van der Waals surface area contributed by atoms with Crippen LogP contribution in [0.15, 0.2) is 27.9 Å². The standard InChI is InChI=1S/C16H16BrNO7/c1-8-4-11(17)12(5-9(8)14(19)20)18-7-25-6-10(15(21)23-2)13(18)16(22)24-3/h4-5H,6-7H2,1-3H3,(H,19,20). The van der Waals surface area contributed by atoms with Crippen LogP contribution in [-0.2, 0) is 23.8 Å². The summed E-state index contributed by atoms with van der Waals surface area (Å²) in [7, 11) is 2.37. The summed E-state index contributed by atoms with van der Waals surface area (Å²) in [6.07, 6.45) is 0. The number of carbonyl (C=O) groups excluding carboxylic acids is 2. The predicted molar refractivity (Wildman–Crippen MR) is 90.2 cm³/mol. The third kappa shape index (κ3) is 3.67. The Balaban J connectivity index is 2.67. The molecule has 2 rings (SSSR count). The van der Waals surface area contributed by atoms with Gasteiger partial charge >= 0.3 is 17.9 Å². The Labute approximate surface area is 152 Å². The first-order chi connectivity index (χ1) is 11.8. The SMILES string of the molecule is COC(=O)C1=C(C(=O)OC)N(c2cc(C(=O)O)c(C)cc2Br)COC1. The second-order valence-electron chi connectivity index (χ2n) is 5.14. The molecule has 0 saturated carbocycles. The third-order valence-corrected chi connectivity index (χ3v) is 4.28. The Bertz CT molecular complexity index is 772. The highest BCUT2D eigenvalue weighted by Gasteiger charge is 2.33. The molecule has 1 N–H and O–H groups in total. The average molecular weight is 414 g/mol. The van der Waals surface area contributed by atoms with Crippen LogP contribution in [0.5, 0.6) is 0 Å². The second kappa shape index (κ2) is 7.66. The van der Waals surface area contributed by atoms with Gasteiger partial charge in [-0.25, -0.2) is 14.4 Å². The highest BCUT2D eigenvalue weighted by Crippen LogP contribution is 2.34. The van der Waals surface area contributed by atoms with E-state index >= 15 is 0 Å². The van der Waals surface area contributed by atoms with Gasteiger partial charge in [-0.1, -0.05) is 0 Å². The fraction of sp³-hybridized carbons (Fsp3) is 0.312. The molecule has 0 saturated heterocycles. The van der Waals surface area contributed by atoms with Crippen LogP contribution in [0.25, 0.3) is 0 Å². The normalized spacial score (nSPS) is 14.3. The molecule has 0 fully saturated rings. The summed E-state index contributed by atoms with van der Waals surface area (Å²) in [6, 6.07) is 3.01. The molecule has 0 unspecified atom stereocenters. The summed E-state index contributed by atoms with van der Waals surface area (Å²) in [5.41, 5.74) is 0.890. The number of rotatable bonds is 4. The first-order valence-electron chi connectivity index (χ1n) is 7.10. The molecule has 0 spiro atoms. The number of methoxy groups -OCH3 is 2. The first-order valence-corrected chi connectivity index (χ1v) is 7.89. The fourth-order valence-electron chi connectivity index (χ4n) is 2.43. The number of carboxylic acids is 1. The van der Waals surface area contributed by atoms with Crippen LogP contribution in [0.3, 0.4) is 0 Å². The van der Waals surface area contributed by atoms with Gasteiger partial charge in [0.15, 0.2) is 0 Å². The summed E-state index contributed by atoms with van der Waals surface area (Å²) in [5, 5.41) is 9.34. The van der Waals surface area contributed by atoms with E-state index < -0.39 is 17.9 Å². The Morgan fingerprint density at radius 2 is 1.84 bits per heavy atom. The van der Waals surface area contributed by atoms with Gasteiger partial charge in [0.05, 0.1) is 37.7 Å². The molecule has 1 heterocycles. The summed E-state index contributed by atoms with van der Waals surface area (Å²) >= 11 is 3.36. The summed E-state index contributed by atoms with van der Waals surface area (Å²) < 4.78 is 15.4. The zero-order valence-corrected chi connectivity index (χ0v) is 15.4. The largest absolute Gasteiger partial charge is 0.478 e. The number of halogens is 1. The van der Waals surface area contributed by atoms with E-state index in [0.717, 1.165) is 0 Å². The number of nitrogens with zero attached hydrogens (tertiary/aromatic N) is 1. The van der Waals surface area contributed by atoms with Gasteiger partial charge < -0.3 is 24.2 Å². The number of hydrogen-bond acceptors (Lipinski definition) is 7. The maximum absolute atomic E-state index is 12.3. The number of carboxylic acid groups (broad SMARTS) is 1. The minimum atomic E-state index is -1.11. The van der Waals surface area contributed by atoms with Crippen molar-refractivity contribution in [3.05, 3.63) is 39.0 Å². The van der Waals surface area contributed by atoms with E-state index in [0.29, 0.717) is 15.7 Å². The molecule has 25 heavy (non-hydrogen) atoms. The number of carbonyl (C=O) groups is 3. The van der Waals surface area contributed by atoms with Crippen molar-refractivity contribution < 1.29 is 33.7 Å². The molecule has 134 valence electrons. The summed E-state index contributed by atoms with van der Waals surface area (Å²) in [4.78, 5) is 37.0. The van der Waals surface area contributed by atoms with Gasteiger partial charge in [0.25, 0.3) is 0 Å². The second-order valence-corrected chi connectivity index (χ2v) is 5.99. The molecule has 1 aliphatic heterocycles. The first kappa shape index (κ1) is 18.9. The summed E-state index contributed by atoms with van der Waals surface area (Å²) in [5.74, 6) is -2.60. The molecular weight excluding hydrogens is 398 g/mol. The van der Waals surface area contributed by atoms with Gasteiger partial charge in [-0.15, -0.1) is 0 Å². The zero-order valence-electron chi connectivity index (χ0n) is 13.8. The lowest BCUT2D eigenvalue weighted by Crippen LogP contribution is -2.39. The maximum Gasteiger partial charge on any atom is 0.355 e. The van der Waals surface area contributed by atoms with Crippen molar-refractivity contribution in [1.29, 1.82) is 0 Å². The summed E-state index contributed by atoms with van der Waals surface area (Å²) in [6.45, 7) is 1.47. The molecule has 0 aromatic heterocycles. The van der Waals surface area contributed by atoms with Gasteiger partial charge in [-0.3, -0.25) is 0 Å². The number of esters is 2. The number of aryl methyl sites for hydroxylation is 1. The number of anilines is 1. The third-order valence-electron chi connectivity index (χ3n) is 3.65. The van der Waals surface area contributed by atoms with Crippen molar-refractivity contribution in [2.75, 3.05) is 32.5 Å². The molecule has 1 aromatic carbocycles. The Morgan fingerprint density at radius 3 is 2.40 bits per heavy atom. The van der Waals surface area contributed by atoms with Crippen molar-refractivity contribution in [2.24, 2.45) is 0 Å². The predicted octanol–water partition coefficient (Wildman–Crippen LogP) is 1.85. The van der Waals surface area contributed by atoms with Gasteiger partial charge in [0.2, 0.25) is 0 Å². The Morgan fingerprint density at radius 1 is 1.20 bits per heavy atom. The number of benzene rings is 1. The molecule has 1 aliphatic rings. The van der Waals surface area contributed by atoms with Crippen molar-refractivity contribution >= 4 is 39.5 Å². The Kier molecular flexibility index (Phi) is 5.81. The molecule has 9 heteroatoms. The van der Waals surface area contributed by atoms with Crippen LogP contribution in [0.2, 0.25) is 0 Å². The van der Waals surface area contributed by atoms with E-state index in [1.807, 2.05) is 0 Å². The van der Waals surface area contributed by atoms with Crippen LogP contribution < -0.4 is 4.90 Å². The van der Waals surface area contributed by atoms with Gasteiger partial charge in [-0.05, 0) is 40.5 Å². The lowest BCUT2D eigenvalue weighted by molar-refractivity contribution is -0.140. The van der Waals surface area contributed by atoms with Crippen LogP contribution in [-0.4, -0.2) is 50.6 Å². The zero-order chi connectivity index (χ0) is 18.7. The van der Waals surface area contributed by atoms with Gasteiger partial charge in [0, 0.05) is 4.47 Å². The van der Waals surface area contributed by atoms with E-state index in [1.54, 1.807) is 13.0 Å². The molecule has 0 radical (unpaired) electrons. The number of ether oxygens (including phenoxy) is 3. The molecule has 0 amide bonds. The minimum Gasteiger partial charge on any atom is -0.478 e. The number of hydrogen-bond donors (Lipinski definition) is 1. The van der Waals surface area contributed by atoms with Crippen molar-refractivity contribution in [1.82, 2.24) is 0 Å². The van der Waals surface area contributed by atoms with E-state index in [2.05, 4.69) is 15.9 Å². The minimum absolute atomic E-state index is 0.00931. The highest BCUT2D eigenvalue weighted by atomic mass is 79.9. The molecule has 0 aliphatic carbocycles. The average Bonchev–Trinajstić information content (AvgIpc) is 2.59. The maximum atomic E-state index is 12.3. The Hall–Kier alpha value is -2.39. The van der Waals surface area contributed by atoms with Crippen molar-refractivity contribution in [3.8, 4) is 0 Å².